The van der Waals surface area contributed by atoms with E-state index in [9.17, 15) is 14.4 Å². The van der Waals surface area contributed by atoms with Crippen molar-refractivity contribution in [1.29, 1.82) is 0 Å². The Bertz CT molecular complexity index is 566. The van der Waals surface area contributed by atoms with E-state index in [1.807, 2.05) is 30.3 Å². The minimum atomic E-state index is -1.08. The number of ketones is 1. The molecule has 1 aromatic rings. The predicted octanol–water partition coefficient (Wildman–Crippen LogP) is 0.659. The molecule has 1 N–H and O–H groups in total. The Morgan fingerprint density at radius 1 is 1.35 bits per heavy atom. The van der Waals surface area contributed by atoms with Gasteiger partial charge < -0.3 is 4.74 Å². The summed E-state index contributed by atoms with van der Waals surface area (Å²) < 4.78 is 4.64. The van der Waals surface area contributed by atoms with Crippen molar-refractivity contribution in [2.24, 2.45) is 11.0 Å². The standard InChI is InChI=1S/C14H14N2O4/c1-2-20-14(19)12(17)10-8-11(15-16-13(10)18)9-6-4-3-5-7-9/h3-7,10H,2,8H2,1H3,(H,16,18). The van der Waals surface area contributed by atoms with Crippen LogP contribution in [0.5, 0.6) is 0 Å². The molecule has 0 bridgehead atoms. The number of esters is 1. The molecular formula is C14H14N2O4. The van der Waals surface area contributed by atoms with Crippen LogP contribution in [-0.2, 0) is 19.1 Å². The molecule has 0 fully saturated rings. The summed E-state index contributed by atoms with van der Waals surface area (Å²) in [7, 11) is 0. The fourth-order valence-corrected chi connectivity index (χ4v) is 1.90. The van der Waals surface area contributed by atoms with Crippen molar-refractivity contribution in [3.8, 4) is 0 Å². The van der Waals surface area contributed by atoms with Crippen molar-refractivity contribution in [3.63, 3.8) is 0 Å². The van der Waals surface area contributed by atoms with Crippen LogP contribution in [-0.4, -0.2) is 30.0 Å². The van der Waals surface area contributed by atoms with Gasteiger partial charge in [0.05, 0.1) is 12.3 Å². The minimum absolute atomic E-state index is 0.0908. The first kappa shape index (κ1) is 13.9. The van der Waals surface area contributed by atoms with Gasteiger partial charge in [-0.2, -0.15) is 5.10 Å². The Morgan fingerprint density at radius 3 is 2.70 bits per heavy atom. The minimum Gasteiger partial charge on any atom is -0.460 e. The van der Waals surface area contributed by atoms with E-state index in [0.29, 0.717) is 5.71 Å². The topological polar surface area (TPSA) is 84.8 Å². The molecule has 104 valence electrons. The van der Waals surface area contributed by atoms with Crippen molar-refractivity contribution in [2.45, 2.75) is 13.3 Å². The highest BCUT2D eigenvalue weighted by atomic mass is 16.5. The highest BCUT2D eigenvalue weighted by molar-refractivity contribution is 6.39. The summed E-state index contributed by atoms with van der Waals surface area (Å²) in [6.07, 6.45) is 0.0908. The third-order valence-electron chi connectivity index (χ3n) is 2.92. The molecule has 0 saturated carbocycles. The number of hydrazone groups is 1. The van der Waals surface area contributed by atoms with Crippen LogP contribution in [0.3, 0.4) is 0 Å². The lowest BCUT2D eigenvalue weighted by atomic mass is 9.92. The Balaban J connectivity index is 2.17. The van der Waals surface area contributed by atoms with Crippen molar-refractivity contribution in [3.05, 3.63) is 35.9 Å². The maximum Gasteiger partial charge on any atom is 0.375 e. The molecule has 6 heteroatoms. The molecule has 1 aliphatic rings. The number of carbonyl (C=O) groups is 3. The number of nitrogens with zero attached hydrogens (tertiary/aromatic N) is 1. The number of amides is 1. The molecule has 1 heterocycles. The lowest BCUT2D eigenvalue weighted by Crippen LogP contribution is -2.42. The van der Waals surface area contributed by atoms with Crippen LogP contribution in [0.15, 0.2) is 35.4 Å². The van der Waals surface area contributed by atoms with E-state index >= 15 is 0 Å². The van der Waals surface area contributed by atoms with Crippen LogP contribution in [0.25, 0.3) is 0 Å². The number of ether oxygens (including phenoxy) is 1. The lowest BCUT2D eigenvalue weighted by Gasteiger charge is -2.19. The van der Waals surface area contributed by atoms with Crippen molar-refractivity contribution < 1.29 is 19.1 Å². The predicted molar refractivity (Wildman–Crippen MR) is 70.9 cm³/mol. The second kappa shape index (κ2) is 6.10. The second-order valence-corrected chi connectivity index (χ2v) is 4.24. The summed E-state index contributed by atoms with van der Waals surface area (Å²) in [6.45, 7) is 1.70. The Labute approximate surface area is 115 Å². The fourth-order valence-electron chi connectivity index (χ4n) is 1.90. The summed E-state index contributed by atoms with van der Waals surface area (Å²) in [6, 6.07) is 9.16. The van der Waals surface area contributed by atoms with Crippen LogP contribution >= 0.6 is 0 Å². The summed E-state index contributed by atoms with van der Waals surface area (Å²) in [5.74, 6) is -3.49. The van der Waals surface area contributed by atoms with Gasteiger partial charge in [-0.1, -0.05) is 30.3 Å². The number of hydrogen-bond donors (Lipinski definition) is 1. The van der Waals surface area contributed by atoms with E-state index in [4.69, 9.17) is 0 Å². The van der Waals surface area contributed by atoms with Crippen molar-refractivity contribution in [2.75, 3.05) is 6.61 Å². The first-order valence-corrected chi connectivity index (χ1v) is 6.26. The molecule has 2 rings (SSSR count). The van der Waals surface area contributed by atoms with Crippen LogP contribution < -0.4 is 5.43 Å². The number of rotatable bonds is 4. The van der Waals surface area contributed by atoms with E-state index in [1.54, 1.807) is 6.92 Å². The van der Waals surface area contributed by atoms with Gasteiger partial charge in [-0.25, -0.2) is 10.2 Å². The third kappa shape index (κ3) is 2.90. The number of Topliss-reactive ketones (excluding diaryl/α,β-unsaturated/α-hetero) is 1. The molecule has 20 heavy (non-hydrogen) atoms. The first-order chi connectivity index (χ1) is 9.63. The zero-order valence-electron chi connectivity index (χ0n) is 11.0. The van der Waals surface area contributed by atoms with E-state index in [0.717, 1.165) is 5.56 Å². The van der Waals surface area contributed by atoms with Gasteiger partial charge in [0, 0.05) is 6.42 Å². The normalized spacial score (nSPS) is 17.9. The molecule has 0 spiro atoms. The zero-order valence-corrected chi connectivity index (χ0v) is 11.0. The smallest absolute Gasteiger partial charge is 0.375 e. The third-order valence-corrected chi connectivity index (χ3v) is 2.92. The van der Waals surface area contributed by atoms with Gasteiger partial charge >= 0.3 is 5.97 Å². The van der Waals surface area contributed by atoms with Crippen LogP contribution in [0.1, 0.15) is 18.9 Å². The van der Waals surface area contributed by atoms with E-state index in [2.05, 4.69) is 15.3 Å². The van der Waals surface area contributed by atoms with Crippen LogP contribution in [0.2, 0.25) is 0 Å². The fraction of sp³-hybridized carbons (Fsp3) is 0.286. The van der Waals surface area contributed by atoms with Gasteiger partial charge in [0.1, 0.15) is 5.92 Å². The quantitative estimate of drug-likeness (QED) is 0.496. The lowest BCUT2D eigenvalue weighted by molar-refractivity contribution is -0.157. The number of benzene rings is 1. The second-order valence-electron chi connectivity index (χ2n) is 4.24. The van der Waals surface area contributed by atoms with E-state index < -0.39 is 23.6 Å². The van der Waals surface area contributed by atoms with Gasteiger partial charge in [-0.15, -0.1) is 0 Å². The van der Waals surface area contributed by atoms with Crippen LogP contribution in [0, 0.1) is 5.92 Å². The Morgan fingerprint density at radius 2 is 2.05 bits per heavy atom. The molecule has 1 unspecified atom stereocenters. The van der Waals surface area contributed by atoms with Gasteiger partial charge in [0.2, 0.25) is 0 Å². The SMILES string of the molecule is CCOC(=O)C(=O)C1CC(c2ccccc2)=NNC1=O. The van der Waals surface area contributed by atoms with Gasteiger partial charge in [0.15, 0.2) is 0 Å². The summed E-state index contributed by atoms with van der Waals surface area (Å²) in [5.41, 5.74) is 3.64. The molecule has 0 aliphatic carbocycles. The molecule has 6 nitrogen and oxygen atoms in total. The number of hydrogen-bond acceptors (Lipinski definition) is 5. The Kier molecular flexibility index (Phi) is 4.24. The van der Waals surface area contributed by atoms with E-state index in [-0.39, 0.29) is 13.0 Å². The number of nitrogens with one attached hydrogen (secondary N) is 1. The summed E-state index contributed by atoms with van der Waals surface area (Å²) >= 11 is 0. The average molecular weight is 274 g/mol. The number of carbonyl (C=O) groups excluding carboxylic acids is 3. The van der Waals surface area contributed by atoms with Crippen molar-refractivity contribution >= 4 is 23.4 Å². The largest absolute Gasteiger partial charge is 0.460 e. The first-order valence-electron chi connectivity index (χ1n) is 6.26. The van der Waals surface area contributed by atoms with Gasteiger partial charge in [-0.3, -0.25) is 9.59 Å². The average Bonchev–Trinajstić information content (AvgIpc) is 2.48. The maximum absolute atomic E-state index is 11.9. The summed E-state index contributed by atoms with van der Waals surface area (Å²) in [5, 5.41) is 3.93. The van der Waals surface area contributed by atoms with Crippen molar-refractivity contribution in [1.82, 2.24) is 5.43 Å². The monoisotopic (exact) mass is 274 g/mol. The van der Waals surface area contributed by atoms with E-state index in [1.165, 1.54) is 0 Å². The molecule has 1 atom stereocenters. The molecule has 1 amide bonds. The highest BCUT2D eigenvalue weighted by Crippen LogP contribution is 2.16. The van der Waals surface area contributed by atoms with Gasteiger partial charge in [-0.05, 0) is 12.5 Å². The zero-order chi connectivity index (χ0) is 14.5. The molecule has 0 radical (unpaired) electrons. The molecule has 0 saturated heterocycles. The molecule has 1 aliphatic heterocycles. The molecule has 0 aromatic heterocycles. The molecular weight excluding hydrogens is 260 g/mol. The Hall–Kier alpha value is -2.50. The molecule has 1 aromatic carbocycles. The van der Waals surface area contributed by atoms with Crippen LogP contribution in [0.4, 0.5) is 0 Å². The maximum atomic E-state index is 11.9. The van der Waals surface area contributed by atoms with Gasteiger partial charge in [0.25, 0.3) is 11.7 Å². The summed E-state index contributed by atoms with van der Waals surface area (Å²) in [4.78, 5) is 35.0. The highest BCUT2D eigenvalue weighted by Gasteiger charge is 2.36.